The number of aryl methyl sites for hydroxylation is 2. The Balaban J connectivity index is 2.03. The predicted octanol–water partition coefficient (Wildman–Crippen LogP) is 4.67. The van der Waals surface area contributed by atoms with Gasteiger partial charge < -0.3 is 5.32 Å². The Labute approximate surface area is 167 Å². The molecule has 0 aliphatic rings. The van der Waals surface area contributed by atoms with E-state index in [-0.39, 0.29) is 11.6 Å². The van der Waals surface area contributed by atoms with Crippen molar-refractivity contribution in [2.75, 3.05) is 11.1 Å². The number of carbonyl (C=O) groups excluding carboxylic acids is 1. The Morgan fingerprint density at radius 1 is 1.15 bits per heavy atom. The van der Waals surface area contributed by atoms with Crippen molar-refractivity contribution >= 4 is 46.0 Å². The minimum Gasteiger partial charge on any atom is -0.321 e. The van der Waals surface area contributed by atoms with Crippen molar-refractivity contribution in [1.29, 1.82) is 0 Å². The predicted molar refractivity (Wildman–Crippen MR) is 113 cm³/mol. The van der Waals surface area contributed by atoms with Gasteiger partial charge in [-0.05, 0) is 42.5 Å². The minimum atomic E-state index is -0.227. The molecule has 1 amide bonds. The summed E-state index contributed by atoms with van der Waals surface area (Å²) in [6.07, 6.45) is 2.18. The average molecular weight is 404 g/mol. The van der Waals surface area contributed by atoms with Gasteiger partial charge in [-0.2, -0.15) is 0 Å². The van der Waals surface area contributed by atoms with Gasteiger partial charge in [-0.25, -0.2) is 4.79 Å². The molecule has 0 spiro atoms. The van der Waals surface area contributed by atoms with Crippen LogP contribution in [0.1, 0.15) is 30.1 Å². The van der Waals surface area contributed by atoms with Gasteiger partial charge >= 0.3 is 5.69 Å². The molecule has 5 nitrogen and oxygen atoms in total. The van der Waals surface area contributed by atoms with Gasteiger partial charge in [-0.1, -0.05) is 31.0 Å². The molecule has 2 aromatic carbocycles. The molecule has 3 rings (SSSR count). The monoisotopic (exact) mass is 403 g/mol. The third-order valence-electron chi connectivity index (χ3n) is 4.46. The number of unbranched alkanes of at least 4 members (excludes halogenated alkanes) is 1. The number of carbonyl (C=O) groups is 1. The lowest BCUT2D eigenvalue weighted by Gasteiger charge is -2.12. The second-order valence-electron chi connectivity index (χ2n) is 6.40. The van der Waals surface area contributed by atoms with Crippen molar-refractivity contribution < 1.29 is 4.79 Å². The molecule has 0 bridgehead atoms. The zero-order valence-corrected chi connectivity index (χ0v) is 17.2. The number of imidazole rings is 1. The number of benzene rings is 2. The number of nitrogens with zero attached hydrogens (tertiary/aromatic N) is 2. The van der Waals surface area contributed by atoms with E-state index >= 15 is 0 Å². The highest BCUT2D eigenvalue weighted by Gasteiger charge is 2.15. The lowest BCUT2D eigenvalue weighted by molar-refractivity contribution is 0.102. The number of thioether (sulfide) groups is 1. The SMILES string of the molecule is CCCCSc1cc2c(cc1NC(=O)c1cccc(Cl)c1)n(C)c(=O)n2C. The fourth-order valence-electron chi connectivity index (χ4n) is 2.89. The van der Waals surface area contributed by atoms with Gasteiger partial charge in [0.05, 0.1) is 16.7 Å². The maximum Gasteiger partial charge on any atom is 0.328 e. The number of rotatable bonds is 6. The van der Waals surface area contributed by atoms with Gasteiger partial charge in [-0.3, -0.25) is 13.9 Å². The summed E-state index contributed by atoms with van der Waals surface area (Å²) in [7, 11) is 3.49. The molecule has 27 heavy (non-hydrogen) atoms. The first-order chi connectivity index (χ1) is 12.9. The molecule has 7 heteroatoms. The molecule has 0 saturated heterocycles. The van der Waals surface area contributed by atoms with Crippen LogP contribution in [0.25, 0.3) is 11.0 Å². The van der Waals surface area contributed by atoms with Crippen molar-refractivity contribution in [2.24, 2.45) is 14.1 Å². The third kappa shape index (κ3) is 4.06. The van der Waals surface area contributed by atoms with Crippen LogP contribution in [0.3, 0.4) is 0 Å². The largest absolute Gasteiger partial charge is 0.328 e. The zero-order valence-electron chi connectivity index (χ0n) is 15.6. The van der Waals surface area contributed by atoms with Crippen LogP contribution in [-0.4, -0.2) is 20.8 Å². The molecule has 3 aromatic rings. The van der Waals surface area contributed by atoms with Crippen LogP contribution >= 0.6 is 23.4 Å². The zero-order chi connectivity index (χ0) is 19.6. The average Bonchev–Trinajstić information content (AvgIpc) is 2.86. The molecular formula is C20H22ClN3O2S. The summed E-state index contributed by atoms with van der Waals surface area (Å²) in [4.78, 5) is 25.9. The molecule has 142 valence electrons. The maximum atomic E-state index is 12.7. The fraction of sp³-hybridized carbons (Fsp3) is 0.300. The maximum absolute atomic E-state index is 12.7. The topological polar surface area (TPSA) is 56.0 Å². The summed E-state index contributed by atoms with van der Waals surface area (Å²) in [5.41, 5.74) is 2.74. The van der Waals surface area contributed by atoms with E-state index in [1.54, 1.807) is 59.3 Å². The Kier molecular flexibility index (Phi) is 5.97. The number of nitrogens with one attached hydrogen (secondary N) is 1. The van der Waals surface area contributed by atoms with Gasteiger partial charge in [0, 0.05) is 29.6 Å². The Hall–Kier alpha value is -2.18. The Morgan fingerprint density at radius 2 is 1.85 bits per heavy atom. The molecule has 0 atom stereocenters. The minimum absolute atomic E-state index is 0.0900. The lowest BCUT2D eigenvalue weighted by Crippen LogP contribution is -2.19. The Morgan fingerprint density at radius 3 is 2.52 bits per heavy atom. The second-order valence-corrected chi connectivity index (χ2v) is 7.98. The van der Waals surface area contributed by atoms with E-state index in [9.17, 15) is 9.59 Å². The van der Waals surface area contributed by atoms with Crippen molar-refractivity contribution in [1.82, 2.24) is 9.13 Å². The molecule has 0 saturated carbocycles. The molecular weight excluding hydrogens is 382 g/mol. The van der Waals surface area contributed by atoms with Crippen LogP contribution in [0.15, 0.2) is 46.1 Å². The number of fused-ring (bicyclic) bond motifs is 1. The lowest BCUT2D eigenvalue weighted by atomic mass is 10.2. The summed E-state index contributed by atoms with van der Waals surface area (Å²) >= 11 is 7.69. The smallest absolute Gasteiger partial charge is 0.321 e. The highest BCUT2D eigenvalue weighted by molar-refractivity contribution is 7.99. The van der Waals surface area contributed by atoms with Crippen LogP contribution in [0, 0.1) is 0 Å². The van der Waals surface area contributed by atoms with Crippen LogP contribution in [0.2, 0.25) is 5.02 Å². The molecule has 0 aliphatic carbocycles. The van der Waals surface area contributed by atoms with Crippen LogP contribution in [-0.2, 0) is 14.1 Å². The molecule has 0 fully saturated rings. The summed E-state index contributed by atoms with van der Waals surface area (Å²) in [6, 6.07) is 10.7. The van der Waals surface area contributed by atoms with Crippen LogP contribution in [0.4, 0.5) is 5.69 Å². The van der Waals surface area contributed by atoms with E-state index in [1.807, 2.05) is 12.1 Å². The molecule has 1 aromatic heterocycles. The van der Waals surface area contributed by atoms with Gasteiger partial charge in [0.25, 0.3) is 5.91 Å². The fourth-order valence-corrected chi connectivity index (χ4v) is 4.20. The van der Waals surface area contributed by atoms with E-state index < -0.39 is 0 Å². The third-order valence-corrected chi connectivity index (χ3v) is 5.84. The van der Waals surface area contributed by atoms with Gasteiger partial charge in [0.2, 0.25) is 0 Å². The van der Waals surface area contributed by atoms with E-state index in [0.29, 0.717) is 16.3 Å². The second kappa shape index (κ2) is 8.23. The van der Waals surface area contributed by atoms with Crippen molar-refractivity contribution in [3.05, 3.63) is 57.5 Å². The van der Waals surface area contributed by atoms with Gasteiger partial charge in [0.15, 0.2) is 0 Å². The summed E-state index contributed by atoms with van der Waals surface area (Å²) in [5.74, 6) is 0.721. The number of hydrogen-bond donors (Lipinski definition) is 1. The van der Waals surface area contributed by atoms with Gasteiger partial charge in [-0.15, -0.1) is 11.8 Å². The number of hydrogen-bond acceptors (Lipinski definition) is 3. The van der Waals surface area contributed by atoms with Crippen LogP contribution in [0.5, 0.6) is 0 Å². The number of halogens is 1. The Bertz CT molecular complexity index is 1060. The number of anilines is 1. The summed E-state index contributed by atoms with van der Waals surface area (Å²) in [6.45, 7) is 2.15. The van der Waals surface area contributed by atoms with E-state index in [0.717, 1.165) is 34.5 Å². The first-order valence-corrected chi connectivity index (χ1v) is 10.2. The van der Waals surface area contributed by atoms with Gasteiger partial charge in [0.1, 0.15) is 0 Å². The first-order valence-electron chi connectivity index (χ1n) is 8.81. The quantitative estimate of drug-likeness (QED) is 0.480. The standard InChI is InChI=1S/C20H22ClN3O2S/c1-4-5-9-27-18-12-17-16(23(2)20(26)24(17)3)11-15(18)22-19(25)13-7-6-8-14(21)10-13/h6-8,10-12H,4-5,9H2,1-3H3,(H,22,25). The highest BCUT2D eigenvalue weighted by atomic mass is 35.5. The van der Waals surface area contributed by atoms with E-state index in [4.69, 9.17) is 11.6 Å². The van der Waals surface area contributed by atoms with Crippen molar-refractivity contribution in [3.8, 4) is 0 Å². The van der Waals surface area contributed by atoms with Crippen molar-refractivity contribution in [3.63, 3.8) is 0 Å². The molecule has 1 N–H and O–H groups in total. The van der Waals surface area contributed by atoms with E-state index in [1.165, 1.54) is 0 Å². The molecule has 0 unspecified atom stereocenters. The highest BCUT2D eigenvalue weighted by Crippen LogP contribution is 2.32. The van der Waals surface area contributed by atoms with Crippen molar-refractivity contribution in [2.45, 2.75) is 24.7 Å². The number of amides is 1. The first kappa shape index (κ1) is 19.6. The normalized spacial score (nSPS) is 11.1. The summed E-state index contributed by atoms with van der Waals surface area (Å²) in [5, 5.41) is 3.50. The van der Waals surface area contributed by atoms with E-state index in [2.05, 4.69) is 12.2 Å². The summed E-state index contributed by atoms with van der Waals surface area (Å²) < 4.78 is 3.21. The molecule has 0 aliphatic heterocycles. The van der Waals surface area contributed by atoms with Crippen LogP contribution < -0.4 is 11.0 Å². The number of aromatic nitrogens is 2. The molecule has 1 heterocycles. The molecule has 0 radical (unpaired) electrons.